The molecule has 20 heavy (non-hydrogen) atoms. The highest BCUT2D eigenvalue weighted by Gasteiger charge is 1.94. The van der Waals surface area contributed by atoms with Crippen LogP contribution in [0.2, 0.25) is 0 Å². The molecule has 2 aromatic carbocycles. The lowest BCUT2D eigenvalue weighted by Gasteiger charge is -2.06. The van der Waals surface area contributed by atoms with E-state index in [9.17, 15) is 0 Å². The molecule has 0 spiro atoms. The van der Waals surface area contributed by atoms with Gasteiger partial charge in [0.2, 0.25) is 0 Å². The van der Waals surface area contributed by atoms with Gasteiger partial charge >= 0.3 is 0 Å². The Morgan fingerprint density at radius 1 is 1.10 bits per heavy atom. The summed E-state index contributed by atoms with van der Waals surface area (Å²) in [5.74, 6) is 0.232. The van der Waals surface area contributed by atoms with Gasteiger partial charge in [-0.15, -0.1) is 0 Å². The zero-order valence-corrected chi connectivity index (χ0v) is 11.6. The van der Waals surface area contributed by atoms with Crippen molar-refractivity contribution in [1.29, 1.82) is 0 Å². The van der Waals surface area contributed by atoms with Crippen LogP contribution >= 0.6 is 12.2 Å². The van der Waals surface area contributed by atoms with E-state index in [1.807, 2.05) is 30.3 Å². The van der Waals surface area contributed by atoms with Crippen LogP contribution in [0.1, 0.15) is 11.1 Å². The van der Waals surface area contributed by atoms with Crippen molar-refractivity contribution >= 4 is 23.5 Å². The highest BCUT2D eigenvalue weighted by atomic mass is 32.1. The van der Waals surface area contributed by atoms with Gasteiger partial charge in [0.15, 0.2) is 5.11 Å². The summed E-state index contributed by atoms with van der Waals surface area (Å²) in [6, 6.07) is 16.7. The van der Waals surface area contributed by atoms with Crippen LogP contribution in [-0.4, -0.2) is 16.4 Å². The molecule has 0 unspecified atom stereocenters. The fourth-order valence-electron chi connectivity index (χ4n) is 1.54. The summed E-state index contributed by atoms with van der Waals surface area (Å²) in [5, 5.41) is 16.7. The lowest BCUT2D eigenvalue weighted by atomic mass is 10.2. The second-order valence-electron chi connectivity index (χ2n) is 4.13. The third kappa shape index (κ3) is 4.70. The molecule has 0 saturated heterocycles. The molecular weight excluding hydrogens is 270 g/mol. The van der Waals surface area contributed by atoms with E-state index in [1.165, 1.54) is 0 Å². The number of phenolic OH excluding ortho intramolecular Hbond substituents is 1. The van der Waals surface area contributed by atoms with Gasteiger partial charge in [-0.1, -0.05) is 30.3 Å². The molecule has 0 atom stereocenters. The summed E-state index contributed by atoms with van der Waals surface area (Å²) in [6.07, 6.45) is 1.63. The second-order valence-corrected chi connectivity index (χ2v) is 4.54. The van der Waals surface area contributed by atoms with Crippen molar-refractivity contribution in [3.05, 3.63) is 65.7 Å². The van der Waals surface area contributed by atoms with E-state index in [1.54, 1.807) is 30.5 Å². The van der Waals surface area contributed by atoms with Gasteiger partial charge in [-0.25, -0.2) is 0 Å². The summed E-state index contributed by atoms with van der Waals surface area (Å²) in [6.45, 7) is 0.654. The van der Waals surface area contributed by atoms with E-state index < -0.39 is 0 Å². The molecule has 0 heterocycles. The van der Waals surface area contributed by atoms with Gasteiger partial charge in [0.1, 0.15) is 5.75 Å². The Morgan fingerprint density at radius 3 is 2.50 bits per heavy atom. The molecule has 0 aromatic heterocycles. The van der Waals surface area contributed by atoms with Crippen molar-refractivity contribution < 1.29 is 5.11 Å². The van der Waals surface area contributed by atoms with E-state index >= 15 is 0 Å². The predicted octanol–water partition coefficient (Wildman–Crippen LogP) is 2.39. The molecule has 2 aromatic rings. The topological polar surface area (TPSA) is 56.7 Å². The van der Waals surface area contributed by atoms with Crippen LogP contribution in [0.3, 0.4) is 0 Å². The summed E-state index contributed by atoms with van der Waals surface area (Å²) in [7, 11) is 0. The Morgan fingerprint density at radius 2 is 1.80 bits per heavy atom. The molecule has 0 amide bonds. The number of benzene rings is 2. The van der Waals surface area contributed by atoms with E-state index in [2.05, 4.69) is 15.8 Å². The summed E-state index contributed by atoms with van der Waals surface area (Å²) in [4.78, 5) is 0. The molecule has 0 radical (unpaired) electrons. The van der Waals surface area contributed by atoms with E-state index in [-0.39, 0.29) is 5.75 Å². The zero-order chi connectivity index (χ0) is 14.2. The molecule has 102 valence electrons. The van der Waals surface area contributed by atoms with Crippen molar-refractivity contribution in [2.24, 2.45) is 5.10 Å². The van der Waals surface area contributed by atoms with Gasteiger partial charge < -0.3 is 10.4 Å². The first-order valence-corrected chi connectivity index (χ1v) is 6.55. The number of hydrogen-bond donors (Lipinski definition) is 3. The highest BCUT2D eigenvalue weighted by Crippen LogP contribution is 2.07. The van der Waals surface area contributed by atoms with Gasteiger partial charge in [0.25, 0.3) is 0 Å². The molecule has 0 fully saturated rings. The van der Waals surface area contributed by atoms with Crippen LogP contribution < -0.4 is 10.7 Å². The smallest absolute Gasteiger partial charge is 0.187 e. The Labute approximate surface area is 123 Å². The Balaban J connectivity index is 1.76. The summed E-state index contributed by atoms with van der Waals surface area (Å²) in [5.41, 5.74) is 4.77. The zero-order valence-electron chi connectivity index (χ0n) is 10.8. The maximum absolute atomic E-state index is 9.16. The Hall–Kier alpha value is -2.40. The first kappa shape index (κ1) is 14.0. The van der Waals surface area contributed by atoms with E-state index in [0.717, 1.165) is 11.1 Å². The van der Waals surface area contributed by atoms with Crippen LogP contribution in [0, 0.1) is 0 Å². The number of thiocarbonyl (C=S) groups is 1. The van der Waals surface area contributed by atoms with Crippen molar-refractivity contribution in [3.63, 3.8) is 0 Å². The fraction of sp³-hybridized carbons (Fsp3) is 0.0667. The summed E-state index contributed by atoms with van der Waals surface area (Å²) >= 11 is 5.11. The molecule has 5 heteroatoms. The van der Waals surface area contributed by atoms with Gasteiger partial charge in [0, 0.05) is 6.54 Å². The number of nitrogens with zero attached hydrogens (tertiary/aromatic N) is 1. The highest BCUT2D eigenvalue weighted by molar-refractivity contribution is 7.80. The van der Waals surface area contributed by atoms with Gasteiger partial charge in [-0.05, 0) is 47.6 Å². The van der Waals surface area contributed by atoms with Crippen LogP contribution in [-0.2, 0) is 6.54 Å². The number of nitrogens with one attached hydrogen (secondary N) is 2. The van der Waals surface area contributed by atoms with Crippen LogP contribution in [0.15, 0.2) is 59.7 Å². The Bertz CT molecular complexity index is 582. The van der Waals surface area contributed by atoms with E-state index in [4.69, 9.17) is 17.3 Å². The molecular formula is C15H15N3OS. The largest absolute Gasteiger partial charge is 0.508 e. The van der Waals surface area contributed by atoms with E-state index in [0.29, 0.717) is 11.7 Å². The molecule has 0 bridgehead atoms. The van der Waals surface area contributed by atoms with Crippen molar-refractivity contribution in [2.45, 2.75) is 6.54 Å². The maximum atomic E-state index is 9.16. The molecule has 2 rings (SSSR count). The lowest BCUT2D eigenvalue weighted by Crippen LogP contribution is -2.31. The third-order valence-corrected chi connectivity index (χ3v) is 2.80. The second kappa shape index (κ2) is 7.25. The van der Waals surface area contributed by atoms with Gasteiger partial charge in [-0.3, -0.25) is 5.43 Å². The lowest BCUT2D eigenvalue weighted by molar-refractivity contribution is 0.475. The SMILES string of the molecule is Oc1ccc(/C=N/NC(=S)NCc2ccccc2)cc1. The molecule has 0 saturated carbocycles. The predicted molar refractivity (Wildman–Crippen MR) is 84.7 cm³/mol. The number of aromatic hydroxyl groups is 1. The molecule has 0 aliphatic heterocycles. The average molecular weight is 285 g/mol. The first-order valence-electron chi connectivity index (χ1n) is 6.14. The average Bonchev–Trinajstić information content (AvgIpc) is 2.48. The minimum absolute atomic E-state index is 0.232. The minimum Gasteiger partial charge on any atom is -0.508 e. The molecule has 4 nitrogen and oxygen atoms in total. The number of phenols is 1. The first-order chi connectivity index (χ1) is 9.74. The van der Waals surface area contributed by atoms with Gasteiger partial charge in [0.05, 0.1) is 6.21 Å². The standard InChI is InChI=1S/C15H15N3OS/c19-14-8-6-13(7-9-14)11-17-18-15(20)16-10-12-4-2-1-3-5-12/h1-9,11,19H,10H2,(H2,16,18,20)/b17-11+. The number of hydrogen-bond acceptors (Lipinski definition) is 3. The van der Waals surface area contributed by atoms with Gasteiger partial charge in [-0.2, -0.15) is 5.10 Å². The normalized spacial score (nSPS) is 10.4. The summed E-state index contributed by atoms with van der Waals surface area (Å²) < 4.78 is 0. The third-order valence-electron chi connectivity index (χ3n) is 2.57. The quantitative estimate of drug-likeness (QED) is 0.459. The number of hydrazone groups is 1. The molecule has 0 aliphatic carbocycles. The van der Waals surface area contributed by atoms with Crippen LogP contribution in [0.25, 0.3) is 0 Å². The Kier molecular flexibility index (Phi) is 5.08. The minimum atomic E-state index is 0.232. The van der Waals surface area contributed by atoms with Crippen LogP contribution in [0.4, 0.5) is 0 Å². The van der Waals surface area contributed by atoms with Crippen molar-refractivity contribution in [1.82, 2.24) is 10.7 Å². The molecule has 0 aliphatic rings. The fourth-order valence-corrected chi connectivity index (χ4v) is 1.67. The van der Waals surface area contributed by atoms with Crippen molar-refractivity contribution in [2.75, 3.05) is 0 Å². The number of rotatable bonds is 4. The van der Waals surface area contributed by atoms with Crippen LogP contribution in [0.5, 0.6) is 5.75 Å². The monoisotopic (exact) mass is 285 g/mol. The maximum Gasteiger partial charge on any atom is 0.187 e. The molecule has 3 N–H and O–H groups in total. The van der Waals surface area contributed by atoms with Crippen molar-refractivity contribution in [3.8, 4) is 5.75 Å².